The monoisotopic (exact) mass is 321 g/mol. The van der Waals surface area contributed by atoms with Crippen LogP contribution in [0.4, 0.5) is 17.3 Å². The first kappa shape index (κ1) is 13.4. The van der Waals surface area contributed by atoms with Gasteiger partial charge in [0.1, 0.15) is 6.33 Å². The van der Waals surface area contributed by atoms with Gasteiger partial charge in [0.05, 0.1) is 34.9 Å². The van der Waals surface area contributed by atoms with Crippen molar-refractivity contribution in [3.05, 3.63) is 36.0 Å². The molecule has 0 saturated heterocycles. The van der Waals surface area contributed by atoms with Crippen molar-refractivity contribution in [1.29, 1.82) is 0 Å². The highest BCUT2D eigenvalue weighted by atomic mass is 16.2. The lowest BCUT2D eigenvalue weighted by atomic mass is 10.0. The lowest BCUT2D eigenvalue weighted by molar-refractivity contribution is -0.120. The van der Waals surface area contributed by atoms with Gasteiger partial charge in [0.2, 0.25) is 11.9 Å². The molecule has 1 aliphatic carbocycles. The highest BCUT2D eigenvalue weighted by molar-refractivity contribution is 6.09. The van der Waals surface area contributed by atoms with Crippen LogP contribution in [0.15, 0.2) is 24.8 Å². The van der Waals surface area contributed by atoms with Crippen LogP contribution >= 0.6 is 0 Å². The van der Waals surface area contributed by atoms with Gasteiger partial charge in [-0.3, -0.25) is 4.79 Å². The third-order valence-electron chi connectivity index (χ3n) is 4.92. The maximum atomic E-state index is 12.4. The van der Waals surface area contributed by atoms with Crippen LogP contribution in [0.25, 0.3) is 5.65 Å². The molecule has 3 aromatic heterocycles. The summed E-state index contributed by atoms with van der Waals surface area (Å²) in [5.41, 5.74) is 3.91. The van der Waals surface area contributed by atoms with Crippen molar-refractivity contribution in [3.8, 4) is 0 Å². The third kappa shape index (κ3) is 1.65. The number of carbonyl (C=O) groups is 1. The summed E-state index contributed by atoms with van der Waals surface area (Å²) in [6, 6.07) is 1.95. The Balaban J connectivity index is 1.55. The van der Waals surface area contributed by atoms with Gasteiger partial charge in [-0.15, -0.1) is 0 Å². The average molecular weight is 321 g/mol. The first-order valence-corrected chi connectivity index (χ1v) is 7.81. The third-order valence-corrected chi connectivity index (χ3v) is 4.92. The van der Waals surface area contributed by atoms with Crippen molar-refractivity contribution < 1.29 is 4.79 Å². The fourth-order valence-electron chi connectivity index (χ4n) is 3.35. The number of anilines is 3. The number of pyridine rings is 1. The van der Waals surface area contributed by atoms with Gasteiger partial charge in [0.25, 0.3) is 0 Å². The maximum Gasteiger partial charge on any atom is 0.239 e. The average Bonchev–Trinajstić information content (AvgIpc) is 3.22. The summed E-state index contributed by atoms with van der Waals surface area (Å²) in [4.78, 5) is 27.3. The quantitative estimate of drug-likeness (QED) is 0.771. The number of amides is 1. The van der Waals surface area contributed by atoms with Gasteiger partial charge in [-0.25, -0.2) is 19.5 Å². The van der Waals surface area contributed by atoms with E-state index in [-0.39, 0.29) is 5.91 Å². The number of carbonyl (C=O) groups excluding carboxylic acids is 1. The Kier molecular flexibility index (Phi) is 2.39. The number of fused-ring (bicyclic) bond motifs is 3. The Morgan fingerprint density at radius 1 is 1.29 bits per heavy atom. The molecule has 4 heterocycles. The fourth-order valence-corrected chi connectivity index (χ4v) is 3.35. The summed E-state index contributed by atoms with van der Waals surface area (Å²) in [6.45, 7) is 1.99. The number of rotatable bonds is 2. The van der Waals surface area contributed by atoms with E-state index in [9.17, 15) is 4.79 Å². The summed E-state index contributed by atoms with van der Waals surface area (Å²) >= 11 is 0. The van der Waals surface area contributed by atoms with Crippen LogP contribution in [0, 0.1) is 6.92 Å². The summed E-state index contributed by atoms with van der Waals surface area (Å²) < 4.78 is 1.70. The number of hydrogen-bond donors (Lipinski definition) is 1. The van der Waals surface area contributed by atoms with E-state index in [1.54, 1.807) is 22.7 Å². The predicted molar refractivity (Wildman–Crippen MR) is 87.4 cm³/mol. The van der Waals surface area contributed by atoms with E-state index in [0.717, 1.165) is 41.1 Å². The summed E-state index contributed by atoms with van der Waals surface area (Å²) in [5.74, 6) is 0.620. The van der Waals surface area contributed by atoms with Crippen molar-refractivity contribution in [1.82, 2.24) is 24.6 Å². The normalized spacial score (nSPS) is 17.6. The zero-order valence-electron chi connectivity index (χ0n) is 13.3. The van der Waals surface area contributed by atoms with Gasteiger partial charge >= 0.3 is 0 Å². The van der Waals surface area contributed by atoms with Crippen LogP contribution in [0.2, 0.25) is 0 Å². The van der Waals surface area contributed by atoms with Crippen LogP contribution in [0.3, 0.4) is 0 Å². The highest BCUT2D eigenvalue weighted by Crippen LogP contribution is 2.56. The smallest absolute Gasteiger partial charge is 0.239 e. The van der Waals surface area contributed by atoms with Gasteiger partial charge in [-0.05, 0) is 31.4 Å². The lowest BCUT2D eigenvalue weighted by Gasteiger charge is -2.11. The molecule has 1 aliphatic heterocycles. The minimum absolute atomic E-state index is 0.129. The SMILES string of the molecule is Cc1cc2ncnn2cc1Nc1ncc2c(n1)C1(CC1)C(=O)N2C. The van der Waals surface area contributed by atoms with Gasteiger partial charge in [-0.2, -0.15) is 5.10 Å². The number of nitrogens with zero attached hydrogens (tertiary/aromatic N) is 6. The second-order valence-electron chi connectivity index (χ2n) is 6.43. The Bertz CT molecular complexity index is 1000. The molecule has 5 rings (SSSR count). The number of likely N-dealkylation sites (N-methyl/N-ethyl adjacent to an activating group) is 1. The van der Waals surface area contributed by atoms with E-state index in [2.05, 4.69) is 25.4 Å². The van der Waals surface area contributed by atoms with Crippen molar-refractivity contribution in [2.75, 3.05) is 17.3 Å². The zero-order chi connectivity index (χ0) is 16.5. The predicted octanol–water partition coefficient (Wildman–Crippen LogP) is 1.58. The van der Waals surface area contributed by atoms with Gasteiger partial charge in [0, 0.05) is 7.05 Å². The maximum absolute atomic E-state index is 12.4. The highest BCUT2D eigenvalue weighted by Gasteiger charge is 2.60. The minimum atomic E-state index is -0.408. The molecule has 1 spiro atoms. The van der Waals surface area contributed by atoms with Crippen molar-refractivity contribution in [2.24, 2.45) is 0 Å². The van der Waals surface area contributed by atoms with Crippen molar-refractivity contribution in [3.63, 3.8) is 0 Å². The number of aromatic nitrogens is 5. The van der Waals surface area contributed by atoms with E-state index < -0.39 is 5.41 Å². The molecule has 1 saturated carbocycles. The Hall–Kier alpha value is -3.03. The molecule has 24 heavy (non-hydrogen) atoms. The van der Waals surface area contributed by atoms with Crippen LogP contribution in [-0.4, -0.2) is 37.5 Å². The fraction of sp³-hybridized carbons (Fsp3) is 0.312. The molecule has 0 unspecified atom stereocenters. The molecule has 0 bridgehead atoms. The Labute approximate surface area is 137 Å². The van der Waals surface area contributed by atoms with Crippen molar-refractivity contribution in [2.45, 2.75) is 25.2 Å². The lowest BCUT2D eigenvalue weighted by Crippen LogP contribution is -2.28. The summed E-state index contributed by atoms with van der Waals surface area (Å²) in [7, 11) is 1.79. The van der Waals surface area contributed by atoms with Gasteiger partial charge in [0.15, 0.2) is 5.65 Å². The zero-order valence-corrected chi connectivity index (χ0v) is 13.3. The number of aryl methyl sites for hydroxylation is 1. The van der Waals surface area contributed by atoms with Crippen LogP contribution in [0.5, 0.6) is 0 Å². The number of nitrogens with one attached hydrogen (secondary N) is 1. The first-order chi connectivity index (χ1) is 11.6. The second-order valence-corrected chi connectivity index (χ2v) is 6.43. The van der Waals surface area contributed by atoms with E-state index >= 15 is 0 Å². The molecule has 1 amide bonds. The van der Waals surface area contributed by atoms with Gasteiger partial charge in [-0.1, -0.05) is 0 Å². The van der Waals surface area contributed by atoms with Crippen LogP contribution in [0.1, 0.15) is 24.1 Å². The second kappa shape index (κ2) is 4.28. The Morgan fingerprint density at radius 2 is 2.12 bits per heavy atom. The van der Waals surface area contributed by atoms with Gasteiger partial charge < -0.3 is 10.2 Å². The van der Waals surface area contributed by atoms with E-state index in [1.165, 1.54) is 6.33 Å². The molecule has 1 fully saturated rings. The largest absolute Gasteiger partial charge is 0.323 e. The number of hydrogen-bond acceptors (Lipinski definition) is 6. The molecule has 8 heteroatoms. The molecular formula is C16H15N7O. The molecule has 0 aromatic carbocycles. The molecular weight excluding hydrogens is 306 g/mol. The van der Waals surface area contributed by atoms with Crippen LogP contribution in [-0.2, 0) is 10.2 Å². The Morgan fingerprint density at radius 3 is 2.92 bits per heavy atom. The minimum Gasteiger partial charge on any atom is -0.323 e. The van der Waals surface area contributed by atoms with E-state index in [4.69, 9.17) is 0 Å². The topological polar surface area (TPSA) is 88.3 Å². The van der Waals surface area contributed by atoms with Crippen molar-refractivity contribution >= 4 is 28.9 Å². The molecule has 1 N–H and O–H groups in total. The molecule has 0 atom stereocenters. The summed E-state index contributed by atoms with van der Waals surface area (Å²) in [6.07, 6.45) is 6.83. The molecule has 120 valence electrons. The molecule has 3 aromatic rings. The molecule has 0 radical (unpaired) electrons. The standard InChI is InChI=1S/C16H15N7O/c1-9-5-12-18-8-19-23(12)7-10(9)20-15-17-6-11-13(21-15)16(3-4-16)14(24)22(11)2/h5-8H,3-4H2,1-2H3,(H,17,20,21). The first-order valence-electron chi connectivity index (χ1n) is 7.81. The summed E-state index contributed by atoms with van der Waals surface area (Å²) in [5, 5.41) is 7.38. The van der Waals surface area contributed by atoms with Crippen LogP contribution < -0.4 is 10.2 Å². The molecule has 2 aliphatic rings. The van der Waals surface area contributed by atoms with E-state index in [0.29, 0.717) is 5.95 Å². The molecule has 8 nitrogen and oxygen atoms in total. The van der Waals surface area contributed by atoms with E-state index in [1.807, 2.05) is 19.2 Å².